The number of hydrogen-bond acceptors (Lipinski definition) is 4. The second kappa shape index (κ2) is 5.75. The average molecular weight is 290 g/mol. The third-order valence-electron chi connectivity index (χ3n) is 4.60. The molecule has 2 aliphatic heterocycles. The Hall–Kier alpha value is -1.43. The Morgan fingerprint density at radius 1 is 1.57 bits per heavy atom. The van der Waals surface area contributed by atoms with Gasteiger partial charge in [0, 0.05) is 31.7 Å². The van der Waals surface area contributed by atoms with E-state index in [4.69, 9.17) is 4.74 Å². The molecule has 0 aliphatic carbocycles. The van der Waals surface area contributed by atoms with Crippen molar-refractivity contribution in [3.8, 4) is 0 Å². The molecule has 1 aromatic carbocycles. The van der Waals surface area contributed by atoms with Gasteiger partial charge in [0.25, 0.3) is 5.91 Å². The van der Waals surface area contributed by atoms with Gasteiger partial charge in [0.2, 0.25) is 0 Å². The third kappa shape index (κ3) is 2.81. The van der Waals surface area contributed by atoms with Gasteiger partial charge in [-0.1, -0.05) is 12.1 Å². The Balaban J connectivity index is 1.71. The summed E-state index contributed by atoms with van der Waals surface area (Å²) in [6.07, 6.45) is 1.18. The standard InChI is InChI=1S/C16H22N2O3/c1-11-16(20,6-8-21-11)10-18-15(19)14-4-2-3-12-9-17-7-5-13(12)14/h2-4,11,17,20H,5-10H2,1H3,(H,18,19). The van der Waals surface area contributed by atoms with E-state index in [-0.39, 0.29) is 18.6 Å². The van der Waals surface area contributed by atoms with Crippen LogP contribution in [-0.2, 0) is 17.7 Å². The van der Waals surface area contributed by atoms with Crippen LogP contribution in [0.15, 0.2) is 18.2 Å². The van der Waals surface area contributed by atoms with E-state index < -0.39 is 5.60 Å². The Labute approximate surface area is 124 Å². The van der Waals surface area contributed by atoms with E-state index in [0.717, 1.165) is 30.6 Å². The molecule has 0 spiro atoms. The molecular weight excluding hydrogens is 268 g/mol. The number of benzene rings is 1. The van der Waals surface area contributed by atoms with Crippen LogP contribution in [0.4, 0.5) is 0 Å². The summed E-state index contributed by atoms with van der Waals surface area (Å²) in [5.74, 6) is -0.110. The SMILES string of the molecule is CC1OCCC1(O)CNC(=O)c1cccc2c1CCNC2. The van der Waals surface area contributed by atoms with Crippen molar-refractivity contribution in [1.29, 1.82) is 0 Å². The number of fused-ring (bicyclic) bond motifs is 1. The molecule has 21 heavy (non-hydrogen) atoms. The van der Waals surface area contributed by atoms with Gasteiger partial charge >= 0.3 is 0 Å². The van der Waals surface area contributed by atoms with Crippen LogP contribution in [0, 0.1) is 0 Å². The Bertz CT molecular complexity index is 546. The van der Waals surface area contributed by atoms with Gasteiger partial charge in [-0.3, -0.25) is 4.79 Å². The smallest absolute Gasteiger partial charge is 0.251 e. The summed E-state index contributed by atoms with van der Waals surface area (Å²) < 4.78 is 5.39. The molecule has 1 fully saturated rings. The quantitative estimate of drug-likeness (QED) is 0.762. The molecule has 0 bridgehead atoms. The lowest BCUT2D eigenvalue weighted by Crippen LogP contribution is -2.47. The minimum atomic E-state index is -0.952. The highest BCUT2D eigenvalue weighted by Crippen LogP contribution is 2.25. The average Bonchev–Trinajstić information content (AvgIpc) is 2.84. The van der Waals surface area contributed by atoms with Crippen molar-refractivity contribution >= 4 is 5.91 Å². The Kier molecular flexibility index (Phi) is 3.97. The van der Waals surface area contributed by atoms with E-state index in [1.54, 1.807) is 0 Å². The van der Waals surface area contributed by atoms with Crippen LogP contribution in [0.1, 0.15) is 34.8 Å². The largest absolute Gasteiger partial charge is 0.385 e. The lowest BCUT2D eigenvalue weighted by molar-refractivity contribution is -0.0251. The molecule has 0 saturated carbocycles. The summed E-state index contributed by atoms with van der Waals surface area (Å²) in [5.41, 5.74) is 2.08. The van der Waals surface area contributed by atoms with Crippen molar-refractivity contribution in [3.63, 3.8) is 0 Å². The number of hydrogen-bond donors (Lipinski definition) is 3. The van der Waals surface area contributed by atoms with Crippen molar-refractivity contribution in [3.05, 3.63) is 34.9 Å². The van der Waals surface area contributed by atoms with Crippen LogP contribution in [-0.4, -0.2) is 42.4 Å². The van der Waals surface area contributed by atoms with Crippen molar-refractivity contribution in [2.45, 2.75) is 38.0 Å². The van der Waals surface area contributed by atoms with Crippen LogP contribution in [0.3, 0.4) is 0 Å². The van der Waals surface area contributed by atoms with E-state index in [1.807, 2.05) is 19.1 Å². The maximum Gasteiger partial charge on any atom is 0.251 e. The number of nitrogens with one attached hydrogen (secondary N) is 2. The molecular formula is C16H22N2O3. The van der Waals surface area contributed by atoms with Crippen molar-refractivity contribution < 1.29 is 14.6 Å². The van der Waals surface area contributed by atoms with Crippen LogP contribution >= 0.6 is 0 Å². The number of carbonyl (C=O) groups excluding carboxylic acids is 1. The minimum absolute atomic E-state index is 0.110. The second-order valence-electron chi connectivity index (χ2n) is 5.92. The number of ether oxygens (including phenoxy) is 1. The zero-order valence-corrected chi connectivity index (χ0v) is 12.3. The number of amides is 1. The predicted molar refractivity (Wildman–Crippen MR) is 79.2 cm³/mol. The highest BCUT2D eigenvalue weighted by Gasteiger charge is 2.39. The Morgan fingerprint density at radius 3 is 3.19 bits per heavy atom. The molecule has 0 aromatic heterocycles. The van der Waals surface area contributed by atoms with Crippen LogP contribution in [0.5, 0.6) is 0 Å². The molecule has 3 N–H and O–H groups in total. The lowest BCUT2D eigenvalue weighted by Gasteiger charge is -2.26. The molecule has 2 aliphatic rings. The van der Waals surface area contributed by atoms with Gasteiger partial charge < -0.3 is 20.5 Å². The van der Waals surface area contributed by atoms with Crippen LogP contribution in [0.25, 0.3) is 0 Å². The van der Waals surface area contributed by atoms with Crippen LogP contribution in [0.2, 0.25) is 0 Å². The normalized spacial score (nSPS) is 28.2. The zero-order chi connectivity index (χ0) is 14.9. The lowest BCUT2D eigenvalue weighted by atomic mass is 9.94. The van der Waals surface area contributed by atoms with E-state index in [0.29, 0.717) is 13.0 Å². The monoisotopic (exact) mass is 290 g/mol. The first kappa shape index (κ1) is 14.5. The summed E-state index contributed by atoms with van der Waals surface area (Å²) in [6.45, 7) is 4.32. The maximum absolute atomic E-state index is 12.4. The van der Waals surface area contributed by atoms with Gasteiger partial charge in [-0.2, -0.15) is 0 Å². The number of carbonyl (C=O) groups is 1. The number of aliphatic hydroxyl groups is 1. The fraction of sp³-hybridized carbons (Fsp3) is 0.562. The summed E-state index contributed by atoms with van der Waals surface area (Å²) in [6, 6.07) is 5.83. The fourth-order valence-electron chi connectivity index (χ4n) is 3.08. The molecule has 2 unspecified atom stereocenters. The minimum Gasteiger partial charge on any atom is -0.385 e. The zero-order valence-electron chi connectivity index (χ0n) is 12.3. The van der Waals surface area contributed by atoms with Gasteiger partial charge in [0.05, 0.1) is 6.10 Å². The molecule has 2 atom stereocenters. The molecule has 2 heterocycles. The second-order valence-corrected chi connectivity index (χ2v) is 5.92. The molecule has 1 aromatic rings. The van der Waals surface area contributed by atoms with Crippen molar-refractivity contribution in [2.24, 2.45) is 0 Å². The van der Waals surface area contributed by atoms with E-state index in [9.17, 15) is 9.90 Å². The summed E-state index contributed by atoms with van der Waals surface area (Å²) >= 11 is 0. The highest BCUT2D eigenvalue weighted by molar-refractivity contribution is 5.96. The predicted octanol–water partition coefficient (Wildman–Crippen LogP) is 0.602. The Morgan fingerprint density at radius 2 is 2.43 bits per heavy atom. The summed E-state index contributed by atoms with van der Waals surface area (Å²) in [4.78, 5) is 12.4. The summed E-state index contributed by atoms with van der Waals surface area (Å²) in [7, 11) is 0. The molecule has 5 nitrogen and oxygen atoms in total. The van der Waals surface area contributed by atoms with E-state index in [1.165, 1.54) is 5.56 Å². The third-order valence-corrected chi connectivity index (χ3v) is 4.60. The molecule has 5 heteroatoms. The first-order chi connectivity index (χ1) is 10.1. The fourth-order valence-corrected chi connectivity index (χ4v) is 3.08. The highest BCUT2D eigenvalue weighted by atomic mass is 16.5. The van der Waals surface area contributed by atoms with Crippen molar-refractivity contribution in [2.75, 3.05) is 19.7 Å². The molecule has 0 radical (unpaired) electrons. The summed E-state index contributed by atoms with van der Waals surface area (Å²) in [5, 5.41) is 16.6. The van der Waals surface area contributed by atoms with E-state index in [2.05, 4.69) is 16.7 Å². The maximum atomic E-state index is 12.4. The van der Waals surface area contributed by atoms with Gasteiger partial charge in [0.15, 0.2) is 0 Å². The first-order valence-electron chi connectivity index (χ1n) is 7.54. The molecule has 114 valence electrons. The van der Waals surface area contributed by atoms with Gasteiger partial charge in [-0.15, -0.1) is 0 Å². The van der Waals surface area contributed by atoms with E-state index >= 15 is 0 Å². The van der Waals surface area contributed by atoms with Crippen LogP contribution < -0.4 is 10.6 Å². The van der Waals surface area contributed by atoms with Gasteiger partial charge in [-0.25, -0.2) is 0 Å². The molecule has 1 amide bonds. The molecule has 3 rings (SSSR count). The van der Waals surface area contributed by atoms with Gasteiger partial charge in [0.1, 0.15) is 5.60 Å². The molecule has 1 saturated heterocycles. The van der Waals surface area contributed by atoms with Crippen molar-refractivity contribution in [1.82, 2.24) is 10.6 Å². The topological polar surface area (TPSA) is 70.6 Å². The van der Waals surface area contributed by atoms with Gasteiger partial charge in [-0.05, 0) is 37.1 Å². The number of rotatable bonds is 3. The first-order valence-corrected chi connectivity index (χ1v) is 7.54.